The van der Waals surface area contributed by atoms with Crippen LogP contribution < -0.4 is 0 Å². The van der Waals surface area contributed by atoms with Gasteiger partial charge in [-0.15, -0.1) is 0 Å². The Hall–Kier alpha value is -5.04. The zero-order chi connectivity index (χ0) is 48.0. The second-order valence-corrected chi connectivity index (χ2v) is 24.9. The molecule has 16 heteroatoms. The molecule has 0 atom stereocenters. The third-order valence-corrected chi connectivity index (χ3v) is 19.6. The number of rotatable bonds is 8. The van der Waals surface area contributed by atoms with E-state index >= 15 is 0 Å². The summed E-state index contributed by atoms with van der Waals surface area (Å²) in [4.78, 5) is 0.301. The van der Waals surface area contributed by atoms with Gasteiger partial charge in [0.05, 0.1) is 19.6 Å². The first-order valence-corrected chi connectivity index (χ1v) is 28.1. The lowest BCUT2D eigenvalue weighted by molar-refractivity contribution is 0.327. The molecule has 0 aromatic heterocycles. The molecule has 0 radical (unpaired) electrons. The van der Waals surface area contributed by atoms with Gasteiger partial charge < -0.3 is 0 Å². The van der Waals surface area contributed by atoms with E-state index in [-0.39, 0.29) is 91.2 Å². The van der Waals surface area contributed by atoms with Crippen LogP contribution in [0.1, 0.15) is 52.6 Å². The largest absolute Gasteiger partial charge is 0.243 e. The molecule has 6 aromatic rings. The molecule has 0 bridgehead atoms. The van der Waals surface area contributed by atoms with E-state index in [1.54, 1.807) is 72.8 Å². The summed E-state index contributed by atoms with van der Waals surface area (Å²) in [5, 5.41) is 0. The fourth-order valence-corrected chi connectivity index (χ4v) is 14.1. The van der Waals surface area contributed by atoms with Gasteiger partial charge in [-0.3, -0.25) is 0 Å². The Morgan fingerprint density at radius 2 is 0.522 bits per heavy atom. The van der Waals surface area contributed by atoms with Crippen molar-refractivity contribution >= 4 is 40.1 Å². The van der Waals surface area contributed by atoms with E-state index in [0.29, 0.717) is 22.3 Å². The summed E-state index contributed by atoms with van der Waals surface area (Å²) in [6.45, 7) is 6.95. The second kappa shape index (κ2) is 21.1. The summed E-state index contributed by atoms with van der Waals surface area (Å²) in [5.74, 6) is 0. The molecule has 0 N–H and O–H groups in total. The zero-order valence-corrected chi connectivity index (χ0v) is 41.6. The minimum absolute atomic E-state index is 0.0530. The predicted octanol–water partition coefficient (Wildman–Crippen LogP) is 8.53. The maximum absolute atomic E-state index is 14.7. The topological polar surface area (TPSA) is 150 Å². The molecule has 12 nitrogen and oxygen atoms in total. The molecule has 0 spiro atoms. The molecule has 0 aliphatic carbocycles. The summed E-state index contributed by atoms with van der Waals surface area (Å²) in [5.41, 5.74) is 6.25. The number of fused-ring (bicyclic) bond motifs is 3. The van der Waals surface area contributed by atoms with Gasteiger partial charge in [-0.2, -0.15) is 17.2 Å². The molecule has 6 aromatic carbocycles. The fraction of sp³-hybridized carbons (Fsp3) is 0.294. The molecular weight excluding hydrogens is 925 g/mol. The van der Waals surface area contributed by atoms with Crippen LogP contribution >= 0.6 is 0 Å². The highest BCUT2D eigenvalue weighted by Crippen LogP contribution is 2.32. The molecule has 354 valence electrons. The number of hydrogen-bond acceptors (Lipinski definition) is 8. The third kappa shape index (κ3) is 11.6. The van der Waals surface area contributed by atoms with E-state index in [4.69, 9.17) is 0 Å². The maximum atomic E-state index is 14.7. The summed E-state index contributed by atoms with van der Waals surface area (Å²) in [6.07, 6.45) is 0.325. The Balaban J connectivity index is 1.36. The minimum atomic E-state index is -4.15. The summed E-state index contributed by atoms with van der Waals surface area (Å²) in [7, 11) is -16.6. The minimum Gasteiger partial charge on any atom is -0.207 e. The lowest BCUT2D eigenvalue weighted by atomic mass is 9.95. The number of aryl methyl sites for hydroxylation is 4. The van der Waals surface area contributed by atoms with Crippen molar-refractivity contribution in [1.29, 1.82) is 0 Å². The third-order valence-electron chi connectivity index (χ3n) is 12.1. The maximum Gasteiger partial charge on any atom is 0.243 e. The highest BCUT2D eigenvalue weighted by atomic mass is 32.2. The van der Waals surface area contributed by atoms with Gasteiger partial charge in [-0.05, 0) is 118 Å². The number of sulfonamides is 4. The first kappa shape index (κ1) is 49.9. The Morgan fingerprint density at radius 1 is 0.299 bits per heavy atom. The van der Waals surface area contributed by atoms with Gasteiger partial charge >= 0.3 is 0 Å². The van der Waals surface area contributed by atoms with Crippen molar-refractivity contribution in [3.8, 4) is 11.1 Å². The number of benzene rings is 6. The first-order valence-electron chi connectivity index (χ1n) is 22.3. The van der Waals surface area contributed by atoms with Crippen LogP contribution in [0, 0.1) is 27.7 Å². The highest BCUT2D eigenvalue weighted by molar-refractivity contribution is 7.90. The van der Waals surface area contributed by atoms with Gasteiger partial charge in [0.1, 0.15) is 0 Å². The van der Waals surface area contributed by atoms with E-state index in [1.165, 1.54) is 41.5 Å². The zero-order valence-electron chi connectivity index (χ0n) is 38.3. The normalized spacial score (nSPS) is 16.5. The Morgan fingerprint density at radius 3 is 0.791 bits per heavy atom. The molecule has 0 saturated carbocycles. The van der Waals surface area contributed by atoms with Crippen molar-refractivity contribution < 1.29 is 33.7 Å². The SMILES string of the molecule is Cc1ccc(S(=O)(=O)N2CCCN(S(=O)(=O)c3ccc(C)cc3)CCCN(S(=O)(=O)c3ccc(C)cc3)Cc3ccccc3-c3ccccc3CN(S(=O)(=O)c3ccc(C)cc3)CCC2)cc1. The van der Waals surface area contributed by atoms with E-state index in [9.17, 15) is 33.7 Å². The van der Waals surface area contributed by atoms with Crippen LogP contribution in [0.5, 0.6) is 0 Å². The predicted molar refractivity (Wildman–Crippen MR) is 263 cm³/mol. The average Bonchev–Trinajstić information content (AvgIpc) is 3.30. The van der Waals surface area contributed by atoms with Crippen molar-refractivity contribution in [1.82, 2.24) is 17.2 Å². The summed E-state index contributed by atoms with van der Waals surface area (Å²) >= 11 is 0. The first-order chi connectivity index (χ1) is 31.9. The molecule has 0 unspecified atom stereocenters. The van der Waals surface area contributed by atoms with Crippen LogP contribution in [0.15, 0.2) is 165 Å². The van der Waals surface area contributed by atoms with Crippen LogP contribution in [0.4, 0.5) is 0 Å². The van der Waals surface area contributed by atoms with E-state index in [2.05, 4.69) is 0 Å². The van der Waals surface area contributed by atoms with Crippen molar-refractivity contribution in [3.05, 3.63) is 179 Å². The van der Waals surface area contributed by atoms with Crippen molar-refractivity contribution in [2.75, 3.05) is 39.3 Å². The van der Waals surface area contributed by atoms with Crippen molar-refractivity contribution in [3.63, 3.8) is 0 Å². The molecule has 67 heavy (non-hydrogen) atoms. The van der Waals surface area contributed by atoms with Gasteiger partial charge in [0.2, 0.25) is 40.1 Å². The van der Waals surface area contributed by atoms with Gasteiger partial charge in [-0.1, -0.05) is 119 Å². The van der Waals surface area contributed by atoms with E-state index in [0.717, 1.165) is 22.3 Å². The molecule has 1 heterocycles. The van der Waals surface area contributed by atoms with Crippen LogP contribution in [0.3, 0.4) is 0 Å². The quantitative estimate of drug-likeness (QED) is 0.147. The lowest BCUT2D eigenvalue weighted by Crippen LogP contribution is -2.39. The molecule has 1 aliphatic heterocycles. The molecule has 7 rings (SSSR count). The fourth-order valence-electron chi connectivity index (χ4n) is 8.20. The number of nitrogens with zero attached hydrogens (tertiary/aromatic N) is 4. The summed E-state index contributed by atoms with van der Waals surface area (Å²) < 4.78 is 122. The molecule has 0 amide bonds. The lowest BCUT2D eigenvalue weighted by Gasteiger charge is -2.28. The Labute approximate surface area is 397 Å². The Bertz CT molecular complexity index is 2900. The molecular formula is C51H58N4O8S4. The Kier molecular flexibility index (Phi) is 15.7. The van der Waals surface area contributed by atoms with Crippen LogP contribution in [-0.4, -0.2) is 90.2 Å². The van der Waals surface area contributed by atoms with Crippen LogP contribution in [0.25, 0.3) is 11.1 Å². The monoisotopic (exact) mass is 982 g/mol. The van der Waals surface area contributed by atoms with Gasteiger partial charge in [0.15, 0.2) is 0 Å². The second-order valence-electron chi connectivity index (χ2n) is 17.1. The van der Waals surface area contributed by atoms with Crippen LogP contribution in [-0.2, 0) is 53.2 Å². The average molecular weight is 983 g/mol. The molecule has 0 fully saturated rings. The van der Waals surface area contributed by atoms with Crippen LogP contribution in [0.2, 0.25) is 0 Å². The van der Waals surface area contributed by atoms with E-state index < -0.39 is 40.1 Å². The number of hydrogen-bond donors (Lipinski definition) is 0. The standard InChI is InChI=1S/C51H58N4O8S4/c1-40-16-24-46(25-17-40)64(56,57)52-32-9-33-53(65(58,59)47-26-18-41(2)19-27-47)35-11-37-55(67(62,63)49-30-22-43(4)23-31-49)39-45-13-6-8-15-51(45)50-14-7-5-12-44(50)38-54(36-10-34-52)66(60,61)48-28-20-42(3)21-29-48/h5-8,12-31H,9-11,32-39H2,1-4H3. The van der Waals surface area contributed by atoms with Crippen molar-refractivity contribution in [2.45, 2.75) is 79.6 Å². The van der Waals surface area contributed by atoms with E-state index in [1.807, 2.05) is 76.2 Å². The molecule has 1 aliphatic rings. The van der Waals surface area contributed by atoms with Crippen molar-refractivity contribution in [2.24, 2.45) is 0 Å². The van der Waals surface area contributed by atoms with Gasteiger partial charge in [0, 0.05) is 52.4 Å². The molecule has 0 saturated heterocycles. The van der Waals surface area contributed by atoms with Gasteiger partial charge in [-0.25, -0.2) is 33.7 Å². The smallest absolute Gasteiger partial charge is 0.207 e. The van der Waals surface area contributed by atoms with Gasteiger partial charge in [0.25, 0.3) is 0 Å². The highest BCUT2D eigenvalue weighted by Gasteiger charge is 2.32. The summed E-state index contributed by atoms with van der Waals surface area (Å²) in [6, 6.07) is 41.0.